The molecule has 2 aliphatic rings. The predicted octanol–water partition coefficient (Wildman–Crippen LogP) is 2.62. The molecule has 5 rings (SSSR count). The first-order valence-corrected chi connectivity index (χ1v) is 12.0. The highest BCUT2D eigenvalue weighted by molar-refractivity contribution is 6.35. The van der Waals surface area contributed by atoms with E-state index in [2.05, 4.69) is 4.98 Å². The molecule has 0 radical (unpaired) electrons. The lowest BCUT2D eigenvalue weighted by molar-refractivity contribution is -0.139. The molecule has 2 fully saturated rings. The van der Waals surface area contributed by atoms with Crippen LogP contribution in [0.25, 0.3) is 10.9 Å². The summed E-state index contributed by atoms with van der Waals surface area (Å²) in [5, 5.41) is 0.313. The molecule has 3 aromatic rings. The third-order valence-electron chi connectivity index (χ3n) is 6.93. The monoisotopic (exact) mass is 498 g/mol. The number of fused-ring (bicyclic) bond motifs is 1. The summed E-state index contributed by atoms with van der Waals surface area (Å²) < 4.78 is 15.9. The summed E-state index contributed by atoms with van der Waals surface area (Å²) in [4.78, 5) is 56.1. The number of benzene rings is 2. The number of halogens is 2. The average molecular weight is 499 g/mol. The van der Waals surface area contributed by atoms with E-state index in [1.54, 1.807) is 17.0 Å². The van der Waals surface area contributed by atoms with Crippen LogP contribution in [0.3, 0.4) is 0 Å². The van der Waals surface area contributed by atoms with Gasteiger partial charge in [-0.25, -0.2) is 9.18 Å². The van der Waals surface area contributed by atoms with Crippen molar-refractivity contribution in [2.24, 2.45) is 5.92 Å². The number of nitrogens with zero attached hydrogens (tertiary/aromatic N) is 3. The number of amides is 2. The molecule has 2 aromatic carbocycles. The van der Waals surface area contributed by atoms with E-state index in [4.69, 9.17) is 11.6 Å². The molecule has 0 spiro atoms. The highest BCUT2D eigenvalue weighted by Gasteiger charge is 2.32. The Balaban J connectivity index is 1.37. The maximum absolute atomic E-state index is 14.7. The molecule has 2 heterocycles. The second-order valence-corrected chi connectivity index (χ2v) is 9.44. The molecule has 8 nitrogen and oxygen atoms in total. The van der Waals surface area contributed by atoms with Crippen molar-refractivity contribution in [3.05, 3.63) is 79.2 Å². The van der Waals surface area contributed by atoms with Gasteiger partial charge in [0.15, 0.2) is 0 Å². The first kappa shape index (κ1) is 23.3. The van der Waals surface area contributed by atoms with Crippen molar-refractivity contribution < 1.29 is 14.0 Å². The van der Waals surface area contributed by atoms with Gasteiger partial charge in [-0.2, -0.15) is 0 Å². The molecule has 1 aliphatic carbocycles. The topological polar surface area (TPSA) is 95.5 Å². The summed E-state index contributed by atoms with van der Waals surface area (Å²) in [5.41, 5.74) is -0.626. The van der Waals surface area contributed by atoms with Gasteiger partial charge in [-0.1, -0.05) is 24.1 Å². The van der Waals surface area contributed by atoms with Crippen LogP contribution in [0.15, 0.2) is 46.0 Å². The number of aromatic amines is 1. The van der Waals surface area contributed by atoms with E-state index in [1.165, 1.54) is 28.8 Å². The third kappa shape index (κ3) is 4.36. The van der Waals surface area contributed by atoms with Crippen molar-refractivity contribution in [3.63, 3.8) is 0 Å². The minimum atomic E-state index is -0.701. The van der Waals surface area contributed by atoms with Crippen LogP contribution in [0.4, 0.5) is 4.39 Å². The van der Waals surface area contributed by atoms with Crippen molar-refractivity contribution >= 4 is 34.3 Å². The van der Waals surface area contributed by atoms with Crippen molar-refractivity contribution in [1.82, 2.24) is 19.4 Å². The molecular formula is C25H24ClFN4O4. The van der Waals surface area contributed by atoms with E-state index in [-0.39, 0.29) is 45.8 Å². The SMILES string of the molecule is O=C(c1ccc(F)c(Cn2c(=O)[nH]c(=O)c3c(Cl)cccc32)c1)N1CCN(C(=O)C2CCC2)CC1. The van der Waals surface area contributed by atoms with Crippen LogP contribution in [0, 0.1) is 11.7 Å². The van der Waals surface area contributed by atoms with Gasteiger partial charge in [-0.05, 0) is 43.2 Å². The van der Waals surface area contributed by atoms with Gasteiger partial charge in [0.05, 0.1) is 22.5 Å². The van der Waals surface area contributed by atoms with Crippen molar-refractivity contribution in [1.29, 1.82) is 0 Å². The van der Waals surface area contributed by atoms with Crippen LogP contribution in [-0.2, 0) is 11.3 Å². The van der Waals surface area contributed by atoms with Gasteiger partial charge in [0.25, 0.3) is 11.5 Å². The van der Waals surface area contributed by atoms with E-state index < -0.39 is 17.1 Å². The maximum Gasteiger partial charge on any atom is 0.329 e. The highest BCUT2D eigenvalue weighted by Crippen LogP contribution is 2.28. The molecule has 1 aliphatic heterocycles. The lowest BCUT2D eigenvalue weighted by atomic mass is 9.84. The number of piperazine rings is 1. The lowest BCUT2D eigenvalue weighted by Crippen LogP contribution is -2.52. The minimum absolute atomic E-state index is 0.124. The fraction of sp³-hybridized carbons (Fsp3) is 0.360. The number of rotatable bonds is 4. The maximum atomic E-state index is 14.7. The predicted molar refractivity (Wildman–Crippen MR) is 129 cm³/mol. The standard InChI is InChI=1S/C25H24ClFN4O4/c26-18-5-2-6-20-21(18)22(32)28-25(35)31(20)14-17-13-16(7-8-19(17)27)24(34)30-11-9-29(10-12-30)23(33)15-3-1-4-15/h2,5-8,13,15H,1,3-4,9-12,14H2,(H,28,32,35). The van der Waals surface area contributed by atoms with Crippen molar-refractivity contribution in [2.45, 2.75) is 25.8 Å². The Morgan fingerprint density at radius 2 is 1.74 bits per heavy atom. The molecule has 0 atom stereocenters. The van der Waals surface area contributed by atoms with E-state index in [1.807, 2.05) is 4.90 Å². The van der Waals surface area contributed by atoms with Gasteiger partial charge in [-0.3, -0.25) is 23.9 Å². The fourth-order valence-corrected chi connectivity index (χ4v) is 4.94. The summed E-state index contributed by atoms with van der Waals surface area (Å²) in [7, 11) is 0. The zero-order valence-electron chi connectivity index (χ0n) is 18.9. The van der Waals surface area contributed by atoms with E-state index in [0.717, 1.165) is 19.3 Å². The number of hydrogen-bond donors (Lipinski definition) is 1. The molecule has 1 saturated heterocycles. The number of carbonyl (C=O) groups excluding carboxylic acids is 2. The highest BCUT2D eigenvalue weighted by atomic mass is 35.5. The van der Waals surface area contributed by atoms with E-state index >= 15 is 0 Å². The first-order valence-electron chi connectivity index (χ1n) is 11.6. The van der Waals surface area contributed by atoms with Crippen LogP contribution in [0.2, 0.25) is 5.02 Å². The average Bonchev–Trinajstić information content (AvgIpc) is 2.81. The number of nitrogens with one attached hydrogen (secondary N) is 1. The Morgan fingerprint density at radius 1 is 1.03 bits per heavy atom. The Morgan fingerprint density at radius 3 is 2.43 bits per heavy atom. The fourth-order valence-electron chi connectivity index (χ4n) is 4.68. The molecule has 1 aromatic heterocycles. The smallest absolute Gasteiger partial charge is 0.329 e. The molecule has 10 heteroatoms. The van der Waals surface area contributed by atoms with E-state index in [0.29, 0.717) is 31.7 Å². The van der Waals surface area contributed by atoms with Gasteiger partial charge in [0, 0.05) is 43.2 Å². The van der Waals surface area contributed by atoms with Crippen LogP contribution in [0.5, 0.6) is 0 Å². The van der Waals surface area contributed by atoms with Gasteiger partial charge in [0.1, 0.15) is 5.82 Å². The zero-order chi connectivity index (χ0) is 24.7. The van der Waals surface area contributed by atoms with Crippen LogP contribution >= 0.6 is 11.6 Å². The Labute approximate surface area is 204 Å². The number of carbonyl (C=O) groups is 2. The second kappa shape index (κ2) is 9.30. The Bertz CT molecular complexity index is 1440. The van der Waals surface area contributed by atoms with Crippen molar-refractivity contribution in [2.75, 3.05) is 26.2 Å². The summed E-state index contributed by atoms with van der Waals surface area (Å²) in [6, 6.07) is 8.74. The molecule has 0 bridgehead atoms. The quantitative estimate of drug-likeness (QED) is 0.598. The largest absolute Gasteiger partial charge is 0.339 e. The molecule has 0 unspecified atom stereocenters. The summed E-state index contributed by atoms with van der Waals surface area (Å²) >= 11 is 6.15. The van der Waals surface area contributed by atoms with Crippen LogP contribution in [-0.4, -0.2) is 57.3 Å². The number of aromatic nitrogens is 2. The minimum Gasteiger partial charge on any atom is -0.339 e. The number of H-pyrrole nitrogens is 1. The zero-order valence-corrected chi connectivity index (χ0v) is 19.7. The molecular weight excluding hydrogens is 475 g/mol. The summed E-state index contributed by atoms with van der Waals surface area (Å²) in [6.07, 6.45) is 2.97. The molecule has 1 N–H and O–H groups in total. The normalized spacial score (nSPS) is 16.4. The summed E-state index contributed by atoms with van der Waals surface area (Å²) in [5.74, 6) is -0.542. The van der Waals surface area contributed by atoms with Gasteiger partial charge < -0.3 is 9.80 Å². The molecule has 1 saturated carbocycles. The third-order valence-corrected chi connectivity index (χ3v) is 7.24. The molecule has 35 heavy (non-hydrogen) atoms. The summed E-state index contributed by atoms with van der Waals surface area (Å²) in [6.45, 7) is 1.59. The molecule has 182 valence electrons. The van der Waals surface area contributed by atoms with Gasteiger partial charge in [0.2, 0.25) is 5.91 Å². The van der Waals surface area contributed by atoms with Gasteiger partial charge >= 0.3 is 5.69 Å². The van der Waals surface area contributed by atoms with Crippen LogP contribution in [0.1, 0.15) is 35.2 Å². The van der Waals surface area contributed by atoms with E-state index in [9.17, 15) is 23.6 Å². The lowest BCUT2D eigenvalue weighted by Gasteiger charge is -2.38. The molecule has 2 amide bonds. The first-order chi connectivity index (χ1) is 16.8. The Hall–Kier alpha value is -3.46. The van der Waals surface area contributed by atoms with Gasteiger partial charge in [-0.15, -0.1) is 0 Å². The second-order valence-electron chi connectivity index (χ2n) is 9.03. The Kier molecular flexibility index (Phi) is 6.19. The van der Waals surface area contributed by atoms with Crippen LogP contribution < -0.4 is 11.2 Å². The van der Waals surface area contributed by atoms with Crippen molar-refractivity contribution in [3.8, 4) is 0 Å². The number of hydrogen-bond acceptors (Lipinski definition) is 4.